The summed E-state index contributed by atoms with van der Waals surface area (Å²) in [6.07, 6.45) is 3.41. The molecule has 1 heterocycles. The van der Waals surface area contributed by atoms with Crippen molar-refractivity contribution >= 4 is 21.6 Å². The third-order valence-electron chi connectivity index (χ3n) is 2.33. The molecule has 3 N–H and O–H groups in total. The van der Waals surface area contributed by atoms with Crippen molar-refractivity contribution < 1.29 is 4.42 Å². The lowest BCUT2D eigenvalue weighted by atomic mass is 10.2. The average molecular weight is 281 g/mol. The van der Waals surface area contributed by atoms with E-state index in [1.54, 1.807) is 12.5 Å². The fraction of sp³-hybridized carbons (Fsp3) is 0.167. The van der Waals surface area contributed by atoms with E-state index in [0.717, 1.165) is 34.4 Å². The van der Waals surface area contributed by atoms with Crippen LogP contribution >= 0.6 is 15.9 Å². The Hall–Kier alpha value is -1.26. The number of benzene rings is 1. The van der Waals surface area contributed by atoms with Crippen LogP contribution in [-0.4, -0.2) is 0 Å². The molecule has 16 heavy (non-hydrogen) atoms. The van der Waals surface area contributed by atoms with Crippen molar-refractivity contribution in [3.63, 3.8) is 0 Å². The van der Waals surface area contributed by atoms with Crippen LogP contribution < -0.4 is 11.1 Å². The maximum absolute atomic E-state index is 5.89. The van der Waals surface area contributed by atoms with Crippen molar-refractivity contribution in [2.45, 2.75) is 13.1 Å². The fourth-order valence-electron chi connectivity index (χ4n) is 1.46. The second-order valence-corrected chi connectivity index (χ2v) is 4.49. The van der Waals surface area contributed by atoms with E-state index in [0.29, 0.717) is 0 Å². The smallest absolute Gasteiger partial charge is 0.0947 e. The molecule has 0 saturated heterocycles. The van der Waals surface area contributed by atoms with Gasteiger partial charge in [0.2, 0.25) is 0 Å². The van der Waals surface area contributed by atoms with Gasteiger partial charge in [0, 0.05) is 28.8 Å². The predicted molar refractivity (Wildman–Crippen MR) is 67.8 cm³/mol. The van der Waals surface area contributed by atoms with Crippen LogP contribution in [0, 0.1) is 0 Å². The van der Waals surface area contributed by atoms with Gasteiger partial charge >= 0.3 is 0 Å². The first-order valence-electron chi connectivity index (χ1n) is 5.01. The van der Waals surface area contributed by atoms with Crippen molar-refractivity contribution in [2.24, 2.45) is 0 Å². The topological polar surface area (TPSA) is 51.2 Å². The summed E-state index contributed by atoms with van der Waals surface area (Å²) in [6, 6.07) is 7.86. The largest absolute Gasteiger partial charge is 0.472 e. The third-order valence-corrected chi connectivity index (χ3v) is 2.83. The normalized spacial score (nSPS) is 10.6. The molecular formula is C12H13BrN2O. The van der Waals surface area contributed by atoms with E-state index in [4.69, 9.17) is 10.2 Å². The van der Waals surface area contributed by atoms with Gasteiger partial charge in [-0.15, -0.1) is 0 Å². The van der Waals surface area contributed by atoms with Gasteiger partial charge in [0.05, 0.1) is 12.5 Å². The lowest BCUT2D eigenvalue weighted by Gasteiger charge is -2.07. The van der Waals surface area contributed by atoms with Crippen LogP contribution in [0.3, 0.4) is 0 Å². The summed E-state index contributed by atoms with van der Waals surface area (Å²) in [5.74, 6) is 0. The Labute approximate surface area is 103 Å². The molecule has 1 aromatic heterocycles. The van der Waals surface area contributed by atoms with Crippen LogP contribution in [0.25, 0.3) is 0 Å². The number of nitrogen functional groups attached to an aromatic ring is 1. The molecule has 0 spiro atoms. The summed E-state index contributed by atoms with van der Waals surface area (Å²) in [7, 11) is 0. The van der Waals surface area contributed by atoms with Gasteiger partial charge in [0.15, 0.2) is 0 Å². The maximum atomic E-state index is 5.89. The molecule has 4 heteroatoms. The van der Waals surface area contributed by atoms with Crippen LogP contribution in [0.15, 0.2) is 45.7 Å². The van der Waals surface area contributed by atoms with Gasteiger partial charge in [0.1, 0.15) is 0 Å². The number of nitrogens with one attached hydrogen (secondary N) is 1. The van der Waals surface area contributed by atoms with Gasteiger partial charge in [0.25, 0.3) is 0 Å². The van der Waals surface area contributed by atoms with Crippen molar-refractivity contribution in [3.05, 3.63) is 52.4 Å². The monoisotopic (exact) mass is 280 g/mol. The third kappa shape index (κ3) is 2.87. The first kappa shape index (κ1) is 11.2. The van der Waals surface area contributed by atoms with Gasteiger partial charge in [-0.3, -0.25) is 0 Å². The van der Waals surface area contributed by atoms with Crippen LogP contribution in [0.4, 0.5) is 5.69 Å². The van der Waals surface area contributed by atoms with E-state index in [1.165, 1.54) is 0 Å². The highest BCUT2D eigenvalue weighted by atomic mass is 79.9. The Morgan fingerprint density at radius 2 is 2.12 bits per heavy atom. The zero-order chi connectivity index (χ0) is 11.4. The van der Waals surface area contributed by atoms with Crippen LogP contribution in [0.1, 0.15) is 11.1 Å². The highest BCUT2D eigenvalue weighted by molar-refractivity contribution is 9.10. The molecule has 84 valence electrons. The Balaban J connectivity index is 1.90. The standard InChI is InChI=1S/C12H13BrN2O/c13-11-2-1-10(12(14)5-11)7-15-6-9-3-4-16-8-9/h1-5,8,15H,6-7,14H2. The zero-order valence-corrected chi connectivity index (χ0v) is 10.3. The summed E-state index contributed by atoms with van der Waals surface area (Å²) >= 11 is 3.38. The van der Waals surface area contributed by atoms with Crippen LogP contribution in [0.5, 0.6) is 0 Å². The zero-order valence-electron chi connectivity index (χ0n) is 8.74. The molecule has 2 rings (SSSR count). The van der Waals surface area contributed by atoms with E-state index in [9.17, 15) is 0 Å². The van der Waals surface area contributed by atoms with Gasteiger partial charge < -0.3 is 15.5 Å². The molecule has 0 aliphatic carbocycles. The second-order valence-electron chi connectivity index (χ2n) is 3.58. The highest BCUT2D eigenvalue weighted by Gasteiger charge is 2.00. The number of furan rings is 1. The minimum atomic E-state index is 0.754. The molecule has 0 saturated carbocycles. The van der Waals surface area contributed by atoms with Gasteiger partial charge in [-0.1, -0.05) is 22.0 Å². The number of rotatable bonds is 4. The summed E-state index contributed by atoms with van der Waals surface area (Å²) in [5.41, 5.74) is 8.93. The van der Waals surface area contributed by atoms with Crippen LogP contribution in [0.2, 0.25) is 0 Å². The van der Waals surface area contributed by atoms with Crippen molar-refractivity contribution in [2.75, 3.05) is 5.73 Å². The van der Waals surface area contributed by atoms with Gasteiger partial charge in [-0.25, -0.2) is 0 Å². The number of hydrogen-bond acceptors (Lipinski definition) is 3. The lowest BCUT2D eigenvalue weighted by Crippen LogP contribution is -2.13. The van der Waals surface area contributed by atoms with E-state index in [-0.39, 0.29) is 0 Å². The number of hydrogen-bond donors (Lipinski definition) is 2. The molecule has 3 nitrogen and oxygen atoms in total. The molecule has 0 radical (unpaired) electrons. The highest BCUT2D eigenvalue weighted by Crippen LogP contribution is 2.18. The summed E-state index contributed by atoms with van der Waals surface area (Å²) in [6.45, 7) is 1.54. The molecule has 0 aliphatic heterocycles. The number of halogens is 1. The molecular weight excluding hydrogens is 268 g/mol. The van der Waals surface area contributed by atoms with Crippen molar-refractivity contribution in [1.82, 2.24) is 5.32 Å². The molecule has 1 aromatic carbocycles. The Kier molecular flexibility index (Phi) is 3.64. The molecule has 2 aromatic rings. The first-order valence-corrected chi connectivity index (χ1v) is 5.80. The minimum Gasteiger partial charge on any atom is -0.472 e. The van der Waals surface area contributed by atoms with Gasteiger partial charge in [-0.05, 0) is 23.8 Å². The summed E-state index contributed by atoms with van der Waals surface area (Å²) in [4.78, 5) is 0. The van der Waals surface area contributed by atoms with E-state index < -0.39 is 0 Å². The van der Waals surface area contributed by atoms with E-state index in [1.807, 2.05) is 24.3 Å². The Morgan fingerprint density at radius 3 is 2.81 bits per heavy atom. The first-order chi connectivity index (χ1) is 7.75. The van der Waals surface area contributed by atoms with Crippen molar-refractivity contribution in [3.8, 4) is 0 Å². The van der Waals surface area contributed by atoms with Crippen molar-refractivity contribution in [1.29, 1.82) is 0 Å². The summed E-state index contributed by atoms with van der Waals surface area (Å²) < 4.78 is 5.99. The quantitative estimate of drug-likeness (QED) is 0.847. The molecule has 0 bridgehead atoms. The molecule has 0 aliphatic rings. The summed E-state index contributed by atoms with van der Waals surface area (Å²) in [5, 5.41) is 3.31. The molecule has 0 fully saturated rings. The van der Waals surface area contributed by atoms with E-state index in [2.05, 4.69) is 21.2 Å². The predicted octanol–water partition coefficient (Wildman–Crippen LogP) is 2.91. The Bertz CT molecular complexity index is 454. The molecule has 0 amide bonds. The SMILES string of the molecule is Nc1cc(Br)ccc1CNCc1ccoc1. The number of anilines is 1. The molecule has 0 atom stereocenters. The van der Waals surface area contributed by atoms with Gasteiger partial charge in [-0.2, -0.15) is 0 Å². The fourth-order valence-corrected chi connectivity index (χ4v) is 1.84. The Morgan fingerprint density at radius 1 is 1.25 bits per heavy atom. The number of nitrogens with two attached hydrogens (primary N) is 1. The maximum Gasteiger partial charge on any atom is 0.0947 e. The lowest BCUT2D eigenvalue weighted by molar-refractivity contribution is 0.560. The molecule has 0 unspecified atom stereocenters. The minimum absolute atomic E-state index is 0.754. The average Bonchev–Trinajstić information content (AvgIpc) is 2.74. The second kappa shape index (κ2) is 5.18. The van der Waals surface area contributed by atoms with Crippen LogP contribution in [-0.2, 0) is 13.1 Å². The van der Waals surface area contributed by atoms with E-state index >= 15 is 0 Å².